The lowest BCUT2D eigenvalue weighted by molar-refractivity contribution is 0.379. The van der Waals surface area contributed by atoms with Gasteiger partial charge >= 0.3 is 0 Å². The number of hydrogen-bond acceptors (Lipinski definition) is 2. The van der Waals surface area contributed by atoms with Gasteiger partial charge in [0.2, 0.25) is 0 Å². The zero-order valence-electron chi connectivity index (χ0n) is 12.0. The maximum atomic E-state index is 6.24. The van der Waals surface area contributed by atoms with E-state index in [0.717, 1.165) is 34.6 Å². The van der Waals surface area contributed by atoms with Gasteiger partial charge in [-0.1, -0.05) is 42.8 Å². The third kappa shape index (κ3) is 3.37. The first kappa shape index (κ1) is 15.5. The highest BCUT2D eigenvalue weighted by Crippen LogP contribution is 2.41. The highest BCUT2D eigenvalue weighted by Gasteiger charge is 2.30. The van der Waals surface area contributed by atoms with Gasteiger partial charge in [0.05, 0.1) is 8.81 Å². The van der Waals surface area contributed by atoms with Crippen molar-refractivity contribution < 1.29 is 0 Å². The number of thiophene rings is 1. The molecule has 21 heavy (non-hydrogen) atoms. The molecule has 1 heterocycles. The van der Waals surface area contributed by atoms with Gasteiger partial charge in [-0.25, -0.2) is 0 Å². The highest BCUT2D eigenvalue weighted by molar-refractivity contribution is 9.11. The minimum Gasteiger partial charge on any atom is -0.309 e. The third-order valence-electron chi connectivity index (χ3n) is 4.14. The van der Waals surface area contributed by atoms with E-state index in [1.54, 1.807) is 11.3 Å². The Labute approximate surface area is 143 Å². The van der Waals surface area contributed by atoms with Crippen LogP contribution in [0.15, 0.2) is 34.1 Å². The minimum atomic E-state index is 0.395. The van der Waals surface area contributed by atoms with Crippen molar-refractivity contribution in [3.8, 4) is 0 Å². The van der Waals surface area contributed by atoms with Crippen molar-refractivity contribution in [3.05, 3.63) is 55.1 Å². The normalized spacial score (nSPS) is 16.1. The smallest absolute Gasteiger partial charge is 0.0887 e. The summed E-state index contributed by atoms with van der Waals surface area (Å²) in [5.74, 6) is 0.621. The van der Waals surface area contributed by atoms with E-state index in [1.165, 1.54) is 16.0 Å². The van der Waals surface area contributed by atoms with Crippen LogP contribution in [0.25, 0.3) is 0 Å². The topological polar surface area (TPSA) is 12.0 Å². The molecule has 0 spiro atoms. The molecule has 3 rings (SSSR count). The molecule has 1 atom stereocenters. The molecule has 1 unspecified atom stereocenters. The quantitative estimate of drug-likeness (QED) is 0.705. The molecule has 0 amide bonds. The molecule has 0 saturated carbocycles. The van der Waals surface area contributed by atoms with E-state index in [0.29, 0.717) is 12.0 Å². The van der Waals surface area contributed by atoms with Crippen LogP contribution >= 0.6 is 38.9 Å². The number of rotatable bonds is 5. The fourth-order valence-electron chi connectivity index (χ4n) is 3.14. The van der Waals surface area contributed by atoms with E-state index in [2.05, 4.69) is 58.5 Å². The first-order chi connectivity index (χ1) is 10.2. The van der Waals surface area contributed by atoms with Crippen molar-refractivity contribution in [1.29, 1.82) is 0 Å². The zero-order chi connectivity index (χ0) is 14.8. The second kappa shape index (κ2) is 6.82. The molecule has 0 radical (unpaired) electrons. The summed E-state index contributed by atoms with van der Waals surface area (Å²) in [6, 6.07) is 11.3. The van der Waals surface area contributed by atoms with Gasteiger partial charge in [0.15, 0.2) is 0 Å². The summed E-state index contributed by atoms with van der Waals surface area (Å²) < 4.78 is 1.04. The maximum Gasteiger partial charge on any atom is 0.0887 e. The van der Waals surface area contributed by atoms with Crippen molar-refractivity contribution in [2.45, 2.75) is 32.2 Å². The molecule has 1 aromatic carbocycles. The van der Waals surface area contributed by atoms with E-state index >= 15 is 0 Å². The molecule has 0 bridgehead atoms. The van der Waals surface area contributed by atoms with Gasteiger partial charge in [-0.2, -0.15) is 0 Å². The molecule has 112 valence electrons. The van der Waals surface area contributed by atoms with E-state index in [-0.39, 0.29) is 0 Å². The van der Waals surface area contributed by atoms with Crippen LogP contribution in [0.3, 0.4) is 0 Å². The van der Waals surface area contributed by atoms with E-state index in [1.807, 2.05) is 0 Å². The molecule has 0 fully saturated rings. The van der Waals surface area contributed by atoms with Gasteiger partial charge in [-0.3, -0.25) is 0 Å². The van der Waals surface area contributed by atoms with Gasteiger partial charge in [0, 0.05) is 10.9 Å². The van der Waals surface area contributed by atoms with Gasteiger partial charge in [-0.05, 0) is 64.8 Å². The number of benzene rings is 1. The maximum absolute atomic E-state index is 6.24. The Balaban J connectivity index is 1.84. The highest BCUT2D eigenvalue weighted by atomic mass is 79.9. The Bertz CT molecular complexity index is 581. The Hall–Kier alpha value is -0.350. The molecule has 1 aromatic heterocycles. The molecule has 0 saturated heterocycles. The van der Waals surface area contributed by atoms with Gasteiger partial charge in [0.1, 0.15) is 0 Å². The average molecular weight is 385 g/mol. The van der Waals surface area contributed by atoms with Crippen molar-refractivity contribution in [2.24, 2.45) is 5.92 Å². The molecular weight excluding hydrogens is 366 g/mol. The van der Waals surface area contributed by atoms with Crippen LogP contribution in [0, 0.1) is 5.92 Å². The molecule has 0 aliphatic heterocycles. The molecule has 1 aliphatic rings. The minimum absolute atomic E-state index is 0.395. The molecule has 1 nitrogen and oxygen atoms in total. The fraction of sp³-hybridized carbons (Fsp3) is 0.412. The summed E-state index contributed by atoms with van der Waals surface area (Å²) in [7, 11) is 0. The van der Waals surface area contributed by atoms with Crippen molar-refractivity contribution in [3.63, 3.8) is 0 Å². The molecule has 2 aromatic rings. The van der Waals surface area contributed by atoms with Crippen LogP contribution in [0.4, 0.5) is 0 Å². The number of fused-ring (bicyclic) bond motifs is 1. The number of hydrogen-bond donors (Lipinski definition) is 1. The van der Waals surface area contributed by atoms with Crippen LogP contribution < -0.4 is 5.32 Å². The average Bonchev–Trinajstić information content (AvgIpc) is 3.04. The van der Waals surface area contributed by atoms with E-state index < -0.39 is 0 Å². The predicted molar refractivity (Wildman–Crippen MR) is 95.4 cm³/mol. The molecule has 1 aliphatic carbocycles. The fourth-order valence-corrected chi connectivity index (χ4v) is 5.06. The van der Waals surface area contributed by atoms with Crippen LogP contribution in [0.1, 0.15) is 35.4 Å². The second-order valence-electron chi connectivity index (χ2n) is 5.64. The van der Waals surface area contributed by atoms with E-state index in [4.69, 9.17) is 11.6 Å². The number of halogens is 2. The van der Waals surface area contributed by atoms with Crippen LogP contribution in [0.2, 0.25) is 5.02 Å². The summed E-state index contributed by atoms with van der Waals surface area (Å²) in [5.41, 5.74) is 3.01. The van der Waals surface area contributed by atoms with Crippen molar-refractivity contribution in [1.82, 2.24) is 5.32 Å². The van der Waals surface area contributed by atoms with Crippen LogP contribution in [-0.2, 0) is 12.8 Å². The van der Waals surface area contributed by atoms with Crippen molar-refractivity contribution in [2.75, 3.05) is 6.54 Å². The summed E-state index contributed by atoms with van der Waals surface area (Å²) in [6.45, 7) is 3.26. The van der Waals surface area contributed by atoms with E-state index in [9.17, 15) is 0 Å². The van der Waals surface area contributed by atoms with Crippen molar-refractivity contribution >= 4 is 38.9 Å². The summed E-state index contributed by atoms with van der Waals surface area (Å²) in [4.78, 5) is 1.35. The SMILES string of the molecule is CCCNC(c1cc(Cl)c(Br)s1)C1Cc2ccccc2C1. The Morgan fingerprint density at radius 1 is 1.33 bits per heavy atom. The first-order valence-electron chi connectivity index (χ1n) is 7.44. The van der Waals surface area contributed by atoms with Crippen LogP contribution in [-0.4, -0.2) is 6.54 Å². The Morgan fingerprint density at radius 2 is 2.00 bits per heavy atom. The standard InChI is InChI=1S/C17H19BrClNS/c1-2-7-20-16(15-10-14(19)17(18)21-15)13-8-11-5-3-4-6-12(11)9-13/h3-6,10,13,16,20H,2,7-9H2,1H3. The monoisotopic (exact) mass is 383 g/mol. The second-order valence-corrected chi connectivity index (χ2v) is 8.45. The summed E-state index contributed by atoms with van der Waals surface area (Å²) in [6.07, 6.45) is 3.46. The summed E-state index contributed by atoms with van der Waals surface area (Å²) >= 11 is 11.5. The lowest BCUT2D eigenvalue weighted by atomic mass is 9.95. The largest absolute Gasteiger partial charge is 0.309 e. The van der Waals surface area contributed by atoms with Gasteiger partial charge in [-0.15, -0.1) is 11.3 Å². The number of nitrogens with one attached hydrogen (secondary N) is 1. The molecular formula is C17H19BrClNS. The lowest BCUT2D eigenvalue weighted by Crippen LogP contribution is -2.28. The first-order valence-corrected chi connectivity index (χ1v) is 9.42. The molecule has 1 N–H and O–H groups in total. The zero-order valence-corrected chi connectivity index (χ0v) is 15.2. The molecule has 4 heteroatoms. The van der Waals surface area contributed by atoms with Gasteiger partial charge in [0.25, 0.3) is 0 Å². The van der Waals surface area contributed by atoms with Crippen LogP contribution in [0.5, 0.6) is 0 Å². The lowest BCUT2D eigenvalue weighted by Gasteiger charge is -2.23. The summed E-state index contributed by atoms with van der Waals surface area (Å²) in [5, 5.41) is 4.56. The Morgan fingerprint density at radius 3 is 2.52 bits per heavy atom. The third-order valence-corrected chi connectivity index (χ3v) is 6.70. The Kier molecular flexibility index (Phi) is 5.05. The van der Waals surface area contributed by atoms with Gasteiger partial charge < -0.3 is 5.32 Å². The predicted octanol–water partition coefficient (Wildman–Crippen LogP) is 5.62.